The normalized spacial score (nSPS) is 13.0. The van der Waals surface area contributed by atoms with Crippen LogP contribution >= 0.6 is 11.8 Å². The first-order valence-electron chi connectivity index (χ1n) is 6.29. The maximum absolute atomic E-state index is 13.1. The Hall–Kier alpha value is -2.27. The number of rotatable bonds is 4. The number of carbonyl (C=O) groups excluding carboxylic acids is 2. The first-order chi connectivity index (χ1) is 10.1. The lowest BCUT2D eigenvalue weighted by Gasteiger charge is -2.01. The Bertz CT molecular complexity index is 846. The second-order valence-electron chi connectivity index (χ2n) is 4.49. The van der Waals surface area contributed by atoms with Gasteiger partial charge < -0.3 is 0 Å². The van der Waals surface area contributed by atoms with Crippen molar-refractivity contribution in [2.75, 3.05) is 5.75 Å². The van der Waals surface area contributed by atoms with Crippen LogP contribution in [0.2, 0.25) is 0 Å². The number of hydrogen-bond acceptors (Lipinski definition) is 3. The van der Waals surface area contributed by atoms with Crippen LogP contribution in [0.3, 0.4) is 0 Å². The molecule has 2 aromatic rings. The average Bonchev–Trinajstić information content (AvgIpc) is 2.80. The summed E-state index contributed by atoms with van der Waals surface area (Å²) in [7, 11) is 0. The van der Waals surface area contributed by atoms with E-state index in [1.165, 1.54) is 18.2 Å². The summed E-state index contributed by atoms with van der Waals surface area (Å²) in [6.07, 6.45) is 0. The maximum atomic E-state index is 13.1. The number of Topliss-reactive ketones (excluding diaryl/α,β-unsaturated/α-hetero) is 1. The molecule has 0 aromatic heterocycles. The number of halogens is 1. The SMILES string of the molecule is O=C1N=c2cc(F)ccc2=C1SCC(=O)c1ccccc1. The number of amides is 1. The van der Waals surface area contributed by atoms with Crippen molar-refractivity contribution in [3.05, 3.63) is 70.5 Å². The average molecular weight is 299 g/mol. The minimum atomic E-state index is -0.433. The Labute approximate surface area is 124 Å². The van der Waals surface area contributed by atoms with E-state index in [0.717, 1.165) is 11.8 Å². The van der Waals surface area contributed by atoms with Crippen molar-refractivity contribution in [3.8, 4) is 0 Å². The molecule has 0 saturated heterocycles. The van der Waals surface area contributed by atoms with E-state index in [1.807, 2.05) is 6.07 Å². The van der Waals surface area contributed by atoms with Crippen molar-refractivity contribution in [2.24, 2.45) is 4.99 Å². The quantitative estimate of drug-likeness (QED) is 0.808. The molecule has 0 fully saturated rings. The van der Waals surface area contributed by atoms with Gasteiger partial charge in [-0.3, -0.25) is 9.59 Å². The van der Waals surface area contributed by atoms with Gasteiger partial charge in [0.25, 0.3) is 5.91 Å². The molecule has 0 N–H and O–H groups in total. The van der Waals surface area contributed by atoms with Gasteiger partial charge in [0.05, 0.1) is 16.0 Å². The molecule has 1 aliphatic heterocycles. The van der Waals surface area contributed by atoms with Crippen LogP contribution in [-0.4, -0.2) is 17.4 Å². The largest absolute Gasteiger partial charge is 0.293 e. The Balaban J connectivity index is 1.84. The topological polar surface area (TPSA) is 46.5 Å². The summed E-state index contributed by atoms with van der Waals surface area (Å²) in [5.41, 5.74) is 0.604. The molecule has 0 aliphatic carbocycles. The molecule has 21 heavy (non-hydrogen) atoms. The summed E-state index contributed by atoms with van der Waals surface area (Å²) in [6, 6.07) is 12.9. The van der Waals surface area contributed by atoms with Gasteiger partial charge in [0, 0.05) is 16.8 Å². The number of hydrogen-bond donors (Lipinski definition) is 0. The molecular formula is C16H10FNO2S. The number of ketones is 1. The molecule has 1 amide bonds. The van der Waals surface area contributed by atoms with Crippen LogP contribution in [0.4, 0.5) is 4.39 Å². The van der Waals surface area contributed by atoms with Gasteiger partial charge in [0.1, 0.15) is 5.82 Å². The molecule has 0 spiro atoms. The standard InChI is InChI=1S/C16H10FNO2S/c17-11-6-7-12-13(8-11)18-16(20)15(12)21-9-14(19)10-4-2-1-3-5-10/h1-8H,9H2. The molecular weight excluding hydrogens is 289 g/mol. The van der Waals surface area contributed by atoms with E-state index in [1.54, 1.807) is 24.3 Å². The zero-order valence-electron chi connectivity index (χ0n) is 10.9. The predicted octanol–water partition coefficient (Wildman–Crippen LogP) is 1.71. The Morgan fingerprint density at radius 3 is 2.67 bits per heavy atom. The highest BCUT2D eigenvalue weighted by molar-refractivity contribution is 8.09. The molecule has 3 nitrogen and oxygen atoms in total. The van der Waals surface area contributed by atoms with E-state index in [2.05, 4.69) is 4.99 Å². The van der Waals surface area contributed by atoms with Crippen LogP contribution in [0.1, 0.15) is 10.4 Å². The number of benzene rings is 2. The lowest BCUT2D eigenvalue weighted by atomic mass is 10.2. The number of carbonyl (C=O) groups is 2. The summed E-state index contributed by atoms with van der Waals surface area (Å²) in [5, 5.41) is 0.918. The Morgan fingerprint density at radius 2 is 1.90 bits per heavy atom. The lowest BCUT2D eigenvalue weighted by molar-refractivity contribution is -0.112. The third kappa shape index (κ3) is 2.78. The van der Waals surface area contributed by atoms with Crippen LogP contribution < -0.4 is 10.6 Å². The van der Waals surface area contributed by atoms with Gasteiger partial charge in [-0.1, -0.05) is 30.3 Å². The summed E-state index contributed by atoms with van der Waals surface area (Å²) in [5.74, 6) is -0.757. The first kappa shape index (κ1) is 13.7. The second-order valence-corrected chi connectivity index (χ2v) is 5.47. The van der Waals surface area contributed by atoms with Crippen molar-refractivity contribution in [3.63, 3.8) is 0 Å². The van der Waals surface area contributed by atoms with Crippen molar-refractivity contribution < 1.29 is 14.0 Å². The van der Waals surface area contributed by atoms with E-state index in [-0.39, 0.29) is 11.5 Å². The van der Waals surface area contributed by atoms with E-state index in [0.29, 0.717) is 21.0 Å². The molecule has 0 atom stereocenters. The van der Waals surface area contributed by atoms with Gasteiger partial charge in [0.2, 0.25) is 0 Å². The molecule has 2 aromatic carbocycles. The van der Waals surface area contributed by atoms with Crippen LogP contribution in [0, 0.1) is 5.82 Å². The van der Waals surface area contributed by atoms with Crippen molar-refractivity contribution in [2.45, 2.75) is 0 Å². The zero-order chi connectivity index (χ0) is 14.8. The van der Waals surface area contributed by atoms with Gasteiger partial charge in [-0.25, -0.2) is 9.38 Å². The van der Waals surface area contributed by atoms with Gasteiger partial charge in [-0.2, -0.15) is 0 Å². The summed E-state index contributed by atoms with van der Waals surface area (Å²) in [6.45, 7) is 0. The fourth-order valence-corrected chi connectivity index (χ4v) is 2.99. The van der Waals surface area contributed by atoms with E-state index < -0.39 is 11.7 Å². The molecule has 5 heteroatoms. The molecule has 104 valence electrons. The van der Waals surface area contributed by atoms with E-state index >= 15 is 0 Å². The summed E-state index contributed by atoms with van der Waals surface area (Å²) >= 11 is 1.15. The fourth-order valence-electron chi connectivity index (χ4n) is 2.05. The highest BCUT2D eigenvalue weighted by Crippen LogP contribution is 2.20. The first-order valence-corrected chi connectivity index (χ1v) is 7.28. The Morgan fingerprint density at radius 1 is 1.14 bits per heavy atom. The van der Waals surface area contributed by atoms with Crippen LogP contribution in [-0.2, 0) is 4.79 Å². The van der Waals surface area contributed by atoms with Gasteiger partial charge in [0.15, 0.2) is 5.78 Å². The third-order valence-electron chi connectivity index (χ3n) is 3.06. The second kappa shape index (κ2) is 5.61. The predicted molar refractivity (Wildman–Crippen MR) is 78.8 cm³/mol. The smallest absolute Gasteiger partial charge is 0.284 e. The van der Waals surface area contributed by atoms with E-state index in [4.69, 9.17) is 0 Å². The maximum Gasteiger partial charge on any atom is 0.284 e. The van der Waals surface area contributed by atoms with Gasteiger partial charge in [-0.15, -0.1) is 11.8 Å². The minimum Gasteiger partial charge on any atom is -0.293 e. The number of fused-ring (bicyclic) bond motifs is 1. The summed E-state index contributed by atoms with van der Waals surface area (Å²) in [4.78, 5) is 28.1. The number of nitrogens with zero attached hydrogens (tertiary/aromatic N) is 1. The molecule has 1 heterocycles. The molecule has 3 rings (SSSR count). The minimum absolute atomic E-state index is 0.0588. The lowest BCUT2D eigenvalue weighted by Crippen LogP contribution is -2.23. The zero-order valence-corrected chi connectivity index (χ0v) is 11.7. The van der Waals surface area contributed by atoms with Crippen LogP contribution in [0.15, 0.2) is 53.5 Å². The molecule has 0 unspecified atom stereocenters. The van der Waals surface area contributed by atoms with Crippen LogP contribution in [0.5, 0.6) is 0 Å². The number of thioether (sulfide) groups is 1. The molecule has 0 saturated carbocycles. The van der Waals surface area contributed by atoms with Crippen molar-refractivity contribution in [1.29, 1.82) is 0 Å². The molecule has 0 radical (unpaired) electrons. The van der Waals surface area contributed by atoms with Gasteiger partial charge >= 0.3 is 0 Å². The Kier molecular flexibility index (Phi) is 3.66. The fraction of sp³-hybridized carbons (Fsp3) is 0.0625. The highest BCUT2D eigenvalue weighted by Gasteiger charge is 2.18. The van der Waals surface area contributed by atoms with Crippen molar-refractivity contribution in [1.82, 2.24) is 0 Å². The third-order valence-corrected chi connectivity index (χ3v) is 4.15. The van der Waals surface area contributed by atoms with Crippen LogP contribution in [0.25, 0.3) is 4.91 Å². The van der Waals surface area contributed by atoms with Crippen molar-refractivity contribution >= 4 is 28.4 Å². The van der Waals surface area contributed by atoms with E-state index in [9.17, 15) is 14.0 Å². The molecule has 0 bridgehead atoms. The van der Waals surface area contributed by atoms with Gasteiger partial charge in [-0.05, 0) is 12.1 Å². The molecule has 1 aliphatic rings. The summed E-state index contributed by atoms with van der Waals surface area (Å²) < 4.78 is 13.1. The highest BCUT2D eigenvalue weighted by atomic mass is 32.2. The monoisotopic (exact) mass is 299 g/mol.